The molecule has 1 aliphatic carbocycles. The number of hydrogen-bond donors (Lipinski definition) is 2. The summed E-state index contributed by atoms with van der Waals surface area (Å²) in [4.78, 5) is 12.1. The largest absolute Gasteiger partial charge is 0.340 e. The number of pyridine rings is 1. The molecular formula is C12H16N4. The minimum atomic E-state index is -0.000972. The van der Waals surface area contributed by atoms with E-state index in [2.05, 4.69) is 21.9 Å². The maximum absolute atomic E-state index is 6.19. The van der Waals surface area contributed by atoms with Gasteiger partial charge in [0.25, 0.3) is 0 Å². The second-order valence-electron chi connectivity index (χ2n) is 4.89. The first kappa shape index (κ1) is 9.78. The van der Waals surface area contributed by atoms with Crippen LogP contribution in [0.5, 0.6) is 0 Å². The van der Waals surface area contributed by atoms with Crippen molar-refractivity contribution in [2.45, 2.75) is 37.6 Å². The standard InChI is InChI=1S/C12H16N4/c1-12(5-2-3-10(12)13)11-15-8-4-6-14-7-9(8)16-11/h4,6-7,10H,2-3,5,13H2,1H3,(H,15,16). The molecule has 2 unspecified atom stereocenters. The Morgan fingerprint density at radius 3 is 3.12 bits per heavy atom. The first-order chi connectivity index (χ1) is 7.70. The van der Waals surface area contributed by atoms with Crippen molar-refractivity contribution < 1.29 is 0 Å². The average Bonchev–Trinajstić information content (AvgIpc) is 2.84. The van der Waals surface area contributed by atoms with Gasteiger partial charge in [-0.2, -0.15) is 0 Å². The van der Waals surface area contributed by atoms with Crippen LogP contribution in [0.2, 0.25) is 0 Å². The lowest BCUT2D eigenvalue weighted by molar-refractivity contribution is 0.409. The Morgan fingerprint density at radius 2 is 2.44 bits per heavy atom. The molecule has 1 aliphatic rings. The number of aromatic nitrogens is 3. The molecule has 0 spiro atoms. The van der Waals surface area contributed by atoms with Gasteiger partial charge in [-0.3, -0.25) is 4.98 Å². The van der Waals surface area contributed by atoms with E-state index in [0.717, 1.165) is 29.7 Å². The van der Waals surface area contributed by atoms with Gasteiger partial charge in [0.05, 0.1) is 17.2 Å². The molecule has 4 heteroatoms. The van der Waals surface area contributed by atoms with Gasteiger partial charge in [-0.1, -0.05) is 13.3 Å². The fourth-order valence-corrected chi connectivity index (χ4v) is 2.61. The van der Waals surface area contributed by atoms with Gasteiger partial charge in [0.1, 0.15) is 5.82 Å². The molecule has 2 heterocycles. The van der Waals surface area contributed by atoms with Gasteiger partial charge < -0.3 is 10.7 Å². The van der Waals surface area contributed by atoms with E-state index < -0.39 is 0 Å². The molecule has 84 valence electrons. The fourth-order valence-electron chi connectivity index (χ4n) is 2.61. The number of nitrogens with two attached hydrogens (primary N) is 1. The van der Waals surface area contributed by atoms with E-state index in [1.807, 2.05) is 12.3 Å². The van der Waals surface area contributed by atoms with Crippen LogP contribution in [0.3, 0.4) is 0 Å². The predicted molar refractivity (Wildman–Crippen MR) is 63.1 cm³/mol. The Balaban J connectivity index is 2.12. The van der Waals surface area contributed by atoms with Gasteiger partial charge >= 0.3 is 0 Å². The smallest absolute Gasteiger partial charge is 0.114 e. The normalized spacial score (nSPS) is 30.0. The van der Waals surface area contributed by atoms with Crippen LogP contribution in [0.1, 0.15) is 32.0 Å². The van der Waals surface area contributed by atoms with Gasteiger partial charge in [0.15, 0.2) is 0 Å². The summed E-state index contributed by atoms with van der Waals surface area (Å²) in [5.74, 6) is 1.01. The van der Waals surface area contributed by atoms with E-state index in [-0.39, 0.29) is 11.5 Å². The lowest BCUT2D eigenvalue weighted by atomic mass is 9.84. The highest BCUT2D eigenvalue weighted by atomic mass is 15.0. The van der Waals surface area contributed by atoms with Crippen LogP contribution >= 0.6 is 0 Å². The van der Waals surface area contributed by atoms with Crippen molar-refractivity contribution in [2.75, 3.05) is 0 Å². The van der Waals surface area contributed by atoms with E-state index >= 15 is 0 Å². The Labute approximate surface area is 94.3 Å². The van der Waals surface area contributed by atoms with Gasteiger partial charge in [-0.25, -0.2) is 4.98 Å². The van der Waals surface area contributed by atoms with Crippen LogP contribution in [0.4, 0.5) is 0 Å². The molecule has 3 N–H and O–H groups in total. The first-order valence-corrected chi connectivity index (χ1v) is 5.76. The molecule has 16 heavy (non-hydrogen) atoms. The summed E-state index contributed by atoms with van der Waals surface area (Å²) in [5, 5.41) is 0. The predicted octanol–water partition coefficient (Wildman–Crippen LogP) is 1.73. The lowest BCUT2D eigenvalue weighted by Crippen LogP contribution is -2.39. The highest BCUT2D eigenvalue weighted by Crippen LogP contribution is 2.38. The fraction of sp³-hybridized carbons (Fsp3) is 0.500. The van der Waals surface area contributed by atoms with Gasteiger partial charge in [-0.05, 0) is 18.9 Å². The number of hydrogen-bond acceptors (Lipinski definition) is 3. The van der Waals surface area contributed by atoms with E-state index in [0.29, 0.717) is 0 Å². The number of H-pyrrole nitrogens is 1. The van der Waals surface area contributed by atoms with Crippen LogP contribution in [0.25, 0.3) is 11.0 Å². The number of rotatable bonds is 1. The highest BCUT2D eigenvalue weighted by molar-refractivity contribution is 5.73. The first-order valence-electron chi connectivity index (χ1n) is 5.76. The summed E-state index contributed by atoms with van der Waals surface area (Å²) >= 11 is 0. The maximum atomic E-state index is 6.19. The number of nitrogens with zero attached hydrogens (tertiary/aromatic N) is 2. The van der Waals surface area contributed by atoms with E-state index in [1.165, 1.54) is 6.42 Å². The number of aromatic amines is 1. The highest BCUT2D eigenvalue weighted by Gasteiger charge is 2.40. The molecule has 4 nitrogen and oxygen atoms in total. The third-order valence-electron chi connectivity index (χ3n) is 3.85. The lowest BCUT2D eigenvalue weighted by Gasteiger charge is -2.26. The minimum absolute atomic E-state index is 0.000972. The van der Waals surface area contributed by atoms with E-state index in [1.54, 1.807) is 6.20 Å². The molecule has 1 saturated carbocycles. The Hall–Kier alpha value is -1.42. The molecule has 0 amide bonds. The molecule has 0 aliphatic heterocycles. The number of fused-ring (bicyclic) bond motifs is 1. The summed E-state index contributed by atoms with van der Waals surface area (Å²) in [7, 11) is 0. The topological polar surface area (TPSA) is 67.6 Å². The summed E-state index contributed by atoms with van der Waals surface area (Å²) in [6.45, 7) is 2.20. The third-order valence-corrected chi connectivity index (χ3v) is 3.85. The summed E-state index contributed by atoms with van der Waals surface area (Å²) in [6, 6.07) is 2.14. The van der Waals surface area contributed by atoms with Crippen molar-refractivity contribution in [1.29, 1.82) is 0 Å². The molecule has 1 fully saturated rings. The van der Waals surface area contributed by atoms with Crippen LogP contribution in [0.15, 0.2) is 18.5 Å². The van der Waals surface area contributed by atoms with Crippen LogP contribution in [-0.2, 0) is 5.41 Å². The summed E-state index contributed by atoms with van der Waals surface area (Å²) < 4.78 is 0. The van der Waals surface area contributed by atoms with Crippen molar-refractivity contribution in [3.05, 3.63) is 24.3 Å². The molecule has 0 aromatic carbocycles. The van der Waals surface area contributed by atoms with Crippen molar-refractivity contribution in [2.24, 2.45) is 5.73 Å². The van der Waals surface area contributed by atoms with Crippen LogP contribution in [-0.4, -0.2) is 21.0 Å². The zero-order chi connectivity index (χ0) is 11.2. The number of nitrogens with one attached hydrogen (secondary N) is 1. The SMILES string of the molecule is CC1(c2nc3ccncc3[nH]2)CCCC1N. The van der Waals surface area contributed by atoms with Crippen LogP contribution in [0, 0.1) is 0 Å². The van der Waals surface area contributed by atoms with Crippen molar-refractivity contribution >= 4 is 11.0 Å². The zero-order valence-corrected chi connectivity index (χ0v) is 9.40. The zero-order valence-electron chi connectivity index (χ0n) is 9.40. The maximum Gasteiger partial charge on any atom is 0.114 e. The van der Waals surface area contributed by atoms with Crippen molar-refractivity contribution in [1.82, 2.24) is 15.0 Å². The second-order valence-corrected chi connectivity index (χ2v) is 4.89. The third kappa shape index (κ3) is 1.26. The molecule has 3 rings (SSSR count). The Morgan fingerprint density at radius 1 is 1.56 bits per heavy atom. The minimum Gasteiger partial charge on any atom is -0.340 e. The molecule has 2 aromatic rings. The molecule has 0 radical (unpaired) electrons. The van der Waals surface area contributed by atoms with Gasteiger partial charge in [0.2, 0.25) is 0 Å². The average molecular weight is 216 g/mol. The van der Waals surface area contributed by atoms with Gasteiger partial charge in [0, 0.05) is 17.7 Å². The van der Waals surface area contributed by atoms with Gasteiger partial charge in [-0.15, -0.1) is 0 Å². The second kappa shape index (κ2) is 3.28. The number of imidazole rings is 1. The summed E-state index contributed by atoms with van der Waals surface area (Å²) in [6.07, 6.45) is 6.97. The van der Waals surface area contributed by atoms with E-state index in [9.17, 15) is 0 Å². The quantitative estimate of drug-likeness (QED) is 0.762. The molecule has 2 atom stereocenters. The van der Waals surface area contributed by atoms with E-state index in [4.69, 9.17) is 5.73 Å². The Kier molecular flexibility index (Phi) is 2.01. The molecule has 0 saturated heterocycles. The summed E-state index contributed by atoms with van der Waals surface area (Å²) in [5.41, 5.74) is 8.17. The Bertz CT molecular complexity index is 485. The van der Waals surface area contributed by atoms with Crippen LogP contribution < -0.4 is 5.73 Å². The molecular weight excluding hydrogens is 200 g/mol. The monoisotopic (exact) mass is 216 g/mol. The van der Waals surface area contributed by atoms with Crippen molar-refractivity contribution in [3.63, 3.8) is 0 Å². The molecule has 2 aromatic heterocycles. The molecule has 0 bridgehead atoms. The van der Waals surface area contributed by atoms with Crippen molar-refractivity contribution in [3.8, 4) is 0 Å².